The minimum absolute atomic E-state index is 0.166. The third-order valence-corrected chi connectivity index (χ3v) is 2.73. The van der Waals surface area contributed by atoms with Crippen LogP contribution in [0.2, 0.25) is 0 Å². The van der Waals surface area contributed by atoms with Crippen LogP contribution in [0.15, 0.2) is 18.3 Å². The molecule has 1 aliphatic heterocycles. The van der Waals surface area contributed by atoms with Crippen molar-refractivity contribution in [3.8, 4) is 0 Å². The van der Waals surface area contributed by atoms with E-state index in [0.29, 0.717) is 5.82 Å². The normalized spacial score (nSPS) is 22.9. The second-order valence-corrected chi connectivity index (χ2v) is 4.12. The van der Waals surface area contributed by atoms with E-state index in [2.05, 4.69) is 9.88 Å². The molecule has 1 fully saturated rings. The average Bonchev–Trinajstić information content (AvgIpc) is 2.22. The van der Waals surface area contributed by atoms with Gasteiger partial charge in [0.25, 0.3) is 0 Å². The highest BCUT2D eigenvalue weighted by molar-refractivity contribution is 5.29. The van der Waals surface area contributed by atoms with Gasteiger partial charge < -0.3 is 10.8 Å². The highest BCUT2D eigenvalue weighted by atomic mass is 16.3. The zero-order valence-corrected chi connectivity index (χ0v) is 8.76. The minimum Gasteiger partial charge on any atom is -0.392 e. The van der Waals surface area contributed by atoms with Crippen molar-refractivity contribution in [1.82, 2.24) is 9.88 Å². The van der Waals surface area contributed by atoms with Crippen LogP contribution in [-0.4, -0.2) is 34.2 Å². The summed E-state index contributed by atoms with van der Waals surface area (Å²) in [4.78, 5) is 6.30. The van der Waals surface area contributed by atoms with E-state index in [9.17, 15) is 5.11 Å². The molecule has 1 aromatic heterocycles. The first-order valence-corrected chi connectivity index (χ1v) is 5.35. The maximum absolute atomic E-state index is 9.52. The van der Waals surface area contributed by atoms with Crippen LogP contribution in [0, 0.1) is 0 Å². The zero-order chi connectivity index (χ0) is 10.7. The lowest BCUT2D eigenvalue weighted by Crippen LogP contribution is -2.37. The van der Waals surface area contributed by atoms with Crippen molar-refractivity contribution in [2.75, 3.05) is 18.8 Å². The Bertz CT molecular complexity index is 312. The quantitative estimate of drug-likeness (QED) is 0.746. The van der Waals surface area contributed by atoms with Crippen LogP contribution < -0.4 is 5.73 Å². The molecule has 0 aliphatic carbocycles. The Morgan fingerprint density at radius 2 is 2.40 bits per heavy atom. The summed E-state index contributed by atoms with van der Waals surface area (Å²) in [6.45, 7) is 2.68. The van der Waals surface area contributed by atoms with Crippen LogP contribution in [0.4, 0.5) is 5.82 Å². The van der Waals surface area contributed by atoms with E-state index in [1.807, 2.05) is 12.1 Å². The number of hydrogen-bond acceptors (Lipinski definition) is 4. The lowest BCUT2D eigenvalue weighted by Gasteiger charge is -2.29. The van der Waals surface area contributed by atoms with Gasteiger partial charge in [0.1, 0.15) is 5.82 Å². The van der Waals surface area contributed by atoms with Crippen LogP contribution in [0.1, 0.15) is 18.4 Å². The number of aliphatic hydroxyl groups excluding tert-OH is 1. The fraction of sp³-hybridized carbons (Fsp3) is 0.545. The summed E-state index contributed by atoms with van der Waals surface area (Å²) in [5, 5.41) is 9.52. The largest absolute Gasteiger partial charge is 0.392 e. The number of nitrogens with zero attached hydrogens (tertiary/aromatic N) is 2. The van der Waals surface area contributed by atoms with E-state index in [4.69, 9.17) is 5.73 Å². The Morgan fingerprint density at radius 1 is 1.53 bits per heavy atom. The summed E-state index contributed by atoms with van der Waals surface area (Å²) in [7, 11) is 0. The molecule has 1 atom stereocenters. The number of pyridine rings is 1. The second kappa shape index (κ2) is 4.59. The molecule has 82 valence electrons. The van der Waals surface area contributed by atoms with E-state index in [-0.39, 0.29) is 6.10 Å². The summed E-state index contributed by atoms with van der Waals surface area (Å²) in [5.41, 5.74) is 6.67. The molecule has 0 amide bonds. The number of aromatic nitrogens is 1. The Balaban J connectivity index is 1.93. The second-order valence-electron chi connectivity index (χ2n) is 4.12. The lowest BCUT2D eigenvalue weighted by molar-refractivity contribution is 0.0668. The minimum atomic E-state index is -0.166. The van der Waals surface area contributed by atoms with Crippen molar-refractivity contribution >= 4 is 5.82 Å². The molecule has 0 unspecified atom stereocenters. The molecule has 4 nitrogen and oxygen atoms in total. The molecule has 1 aromatic rings. The Labute approximate surface area is 89.7 Å². The third-order valence-electron chi connectivity index (χ3n) is 2.73. The molecule has 0 aromatic carbocycles. The molecule has 0 radical (unpaired) electrons. The van der Waals surface area contributed by atoms with Gasteiger partial charge in [0.15, 0.2) is 0 Å². The number of hydrogen-bond donors (Lipinski definition) is 2. The van der Waals surface area contributed by atoms with Crippen molar-refractivity contribution in [3.05, 3.63) is 23.9 Å². The Kier molecular flexibility index (Phi) is 3.18. The summed E-state index contributed by atoms with van der Waals surface area (Å²) in [5.74, 6) is 0.553. The standard InChI is InChI=1S/C11H17N3O/c12-11-4-3-9(6-13-11)7-14-5-1-2-10(15)8-14/h3-4,6,10,15H,1-2,5,7-8H2,(H2,12,13)/t10-/m0/s1. The van der Waals surface area contributed by atoms with Crippen molar-refractivity contribution in [1.29, 1.82) is 0 Å². The van der Waals surface area contributed by atoms with Gasteiger partial charge in [-0.1, -0.05) is 6.07 Å². The molecular weight excluding hydrogens is 190 g/mol. The van der Waals surface area contributed by atoms with Crippen molar-refractivity contribution in [3.63, 3.8) is 0 Å². The van der Waals surface area contributed by atoms with Crippen LogP contribution >= 0.6 is 0 Å². The van der Waals surface area contributed by atoms with E-state index < -0.39 is 0 Å². The molecule has 2 heterocycles. The summed E-state index contributed by atoms with van der Waals surface area (Å²) < 4.78 is 0. The van der Waals surface area contributed by atoms with Gasteiger partial charge in [-0.05, 0) is 31.0 Å². The maximum Gasteiger partial charge on any atom is 0.123 e. The molecule has 3 N–H and O–H groups in total. The predicted octanol–water partition coefficient (Wildman–Crippen LogP) is 0.621. The molecule has 2 rings (SSSR count). The number of piperidine rings is 1. The third kappa shape index (κ3) is 2.91. The van der Waals surface area contributed by atoms with Gasteiger partial charge in [-0.15, -0.1) is 0 Å². The van der Waals surface area contributed by atoms with E-state index in [1.165, 1.54) is 0 Å². The highest BCUT2D eigenvalue weighted by Gasteiger charge is 2.17. The molecule has 4 heteroatoms. The number of likely N-dealkylation sites (tertiary alicyclic amines) is 1. The average molecular weight is 207 g/mol. The van der Waals surface area contributed by atoms with Crippen molar-refractivity contribution in [2.45, 2.75) is 25.5 Å². The van der Waals surface area contributed by atoms with Gasteiger partial charge in [-0.2, -0.15) is 0 Å². The van der Waals surface area contributed by atoms with Crippen LogP contribution in [0.3, 0.4) is 0 Å². The van der Waals surface area contributed by atoms with Crippen LogP contribution in [-0.2, 0) is 6.54 Å². The molecule has 15 heavy (non-hydrogen) atoms. The first-order valence-electron chi connectivity index (χ1n) is 5.35. The highest BCUT2D eigenvalue weighted by Crippen LogP contribution is 2.13. The van der Waals surface area contributed by atoms with Gasteiger partial charge in [-0.25, -0.2) is 4.98 Å². The molecule has 0 spiro atoms. The van der Waals surface area contributed by atoms with Gasteiger partial charge >= 0.3 is 0 Å². The number of anilines is 1. The smallest absolute Gasteiger partial charge is 0.123 e. The zero-order valence-electron chi connectivity index (χ0n) is 8.76. The first kappa shape index (κ1) is 10.4. The van der Waals surface area contributed by atoms with E-state index >= 15 is 0 Å². The maximum atomic E-state index is 9.52. The van der Waals surface area contributed by atoms with Gasteiger partial charge in [-0.3, -0.25) is 4.90 Å². The molecule has 1 aliphatic rings. The molecule has 0 saturated carbocycles. The van der Waals surface area contributed by atoms with Crippen molar-refractivity contribution in [2.24, 2.45) is 0 Å². The summed E-state index contributed by atoms with van der Waals surface area (Å²) in [6.07, 6.45) is 3.64. The molecule has 1 saturated heterocycles. The first-order chi connectivity index (χ1) is 7.24. The number of nitrogens with two attached hydrogens (primary N) is 1. The van der Waals surface area contributed by atoms with E-state index in [0.717, 1.165) is 38.0 Å². The van der Waals surface area contributed by atoms with Crippen LogP contribution in [0.25, 0.3) is 0 Å². The van der Waals surface area contributed by atoms with Crippen molar-refractivity contribution < 1.29 is 5.11 Å². The van der Waals surface area contributed by atoms with Gasteiger partial charge in [0.2, 0.25) is 0 Å². The van der Waals surface area contributed by atoms with Gasteiger partial charge in [0, 0.05) is 19.3 Å². The number of nitrogen functional groups attached to an aromatic ring is 1. The lowest BCUT2D eigenvalue weighted by atomic mass is 10.1. The molecular formula is C11H17N3O. The SMILES string of the molecule is Nc1ccc(CN2CCC[C@H](O)C2)cn1. The molecule has 0 bridgehead atoms. The monoisotopic (exact) mass is 207 g/mol. The Hall–Kier alpha value is -1.13. The summed E-state index contributed by atoms with van der Waals surface area (Å²) >= 11 is 0. The predicted molar refractivity (Wildman–Crippen MR) is 59.2 cm³/mol. The van der Waals surface area contributed by atoms with E-state index in [1.54, 1.807) is 6.20 Å². The van der Waals surface area contributed by atoms with Gasteiger partial charge in [0.05, 0.1) is 6.10 Å². The fourth-order valence-electron chi connectivity index (χ4n) is 1.96. The fourth-order valence-corrected chi connectivity index (χ4v) is 1.96. The summed E-state index contributed by atoms with van der Waals surface area (Å²) in [6, 6.07) is 3.80. The van der Waals surface area contributed by atoms with Crippen LogP contribution in [0.5, 0.6) is 0 Å². The number of β-amino-alcohol motifs (C(OH)–C–C–N with tert-alkyl or cyclic N) is 1. The number of rotatable bonds is 2. The topological polar surface area (TPSA) is 62.4 Å². The Morgan fingerprint density at radius 3 is 3.07 bits per heavy atom. The number of aliphatic hydroxyl groups is 1.